The SMILES string of the molecule is CN(C)c1cccc(C(=O)NC2CCCNC2)c1. The highest BCUT2D eigenvalue weighted by Crippen LogP contribution is 2.13. The van der Waals surface area contributed by atoms with Crippen molar-refractivity contribution in [1.82, 2.24) is 10.6 Å². The molecule has 0 bridgehead atoms. The van der Waals surface area contributed by atoms with E-state index in [0.717, 1.165) is 37.2 Å². The van der Waals surface area contributed by atoms with E-state index in [9.17, 15) is 4.79 Å². The first-order chi connectivity index (χ1) is 8.66. The highest BCUT2D eigenvalue weighted by atomic mass is 16.1. The van der Waals surface area contributed by atoms with Gasteiger partial charge in [0.2, 0.25) is 0 Å². The number of carbonyl (C=O) groups excluding carboxylic acids is 1. The molecule has 4 heteroatoms. The van der Waals surface area contributed by atoms with Crippen molar-refractivity contribution in [2.75, 3.05) is 32.1 Å². The highest BCUT2D eigenvalue weighted by molar-refractivity contribution is 5.95. The van der Waals surface area contributed by atoms with Crippen LogP contribution in [0.5, 0.6) is 0 Å². The van der Waals surface area contributed by atoms with Gasteiger partial charge in [-0.15, -0.1) is 0 Å². The van der Waals surface area contributed by atoms with E-state index in [-0.39, 0.29) is 11.9 Å². The molecule has 1 heterocycles. The second kappa shape index (κ2) is 5.87. The first kappa shape index (κ1) is 12.9. The third-order valence-corrected chi connectivity index (χ3v) is 3.26. The number of hydrogen-bond acceptors (Lipinski definition) is 3. The molecule has 1 atom stereocenters. The molecule has 4 nitrogen and oxygen atoms in total. The van der Waals surface area contributed by atoms with E-state index in [4.69, 9.17) is 0 Å². The molecule has 18 heavy (non-hydrogen) atoms. The van der Waals surface area contributed by atoms with Crippen molar-refractivity contribution in [2.45, 2.75) is 18.9 Å². The van der Waals surface area contributed by atoms with Gasteiger partial charge in [0.05, 0.1) is 0 Å². The Labute approximate surface area is 108 Å². The summed E-state index contributed by atoms with van der Waals surface area (Å²) < 4.78 is 0. The van der Waals surface area contributed by atoms with Gasteiger partial charge in [0, 0.05) is 37.9 Å². The number of amides is 1. The molecule has 2 rings (SSSR count). The monoisotopic (exact) mass is 247 g/mol. The Hall–Kier alpha value is -1.55. The van der Waals surface area contributed by atoms with Gasteiger partial charge in [-0.05, 0) is 37.6 Å². The van der Waals surface area contributed by atoms with Crippen LogP contribution < -0.4 is 15.5 Å². The smallest absolute Gasteiger partial charge is 0.251 e. The van der Waals surface area contributed by atoms with Crippen molar-refractivity contribution in [3.05, 3.63) is 29.8 Å². The van der Waals surface area contributed by atoms with Crippen molar-refractivity contribution in [3.63, 3.8) is 0 Å². The van der Waals surface area contributed by atoms with Crippen LogP contribution in [0.25, 0.3) is 0 Å². The number of nitrogens with zero attached hydrogens (tertiary/aromatic N) is 1. The van der Waals surface area contributed by atoms with Crippen molar-refractivity contribution in [3.8, 4) is 0 Å². The summed E-state index contributed by atoms with van der Waals surface area (Å²) >= 11 is 0. The van der Waals surface area contributed by atoms with Gasteiger partial charge in [-0.25, -0.2) is 0 Å². The maximum Gasteiger partial charge on any atom is 0.251 e. The summed E-state index contributed by atoms with van der Waals surface area (Å²) in [5.41, 5.74) is 1.77. The summed E-state index contributed by atoms with van der Waals surface area (Å²) in [6.07, 6.45) is 2.19. The number of anilines is 1. The van der Waals surface area contributed by atoms with E-state index >= 15 is 0 Å². The fourth-order valence-electron chi connectivity index (χ4n) is 2.17. The van der Waals surface area contributed by atoms with Gasteiger partial charge >= 0.3 is 0 Å². The zero-order valence-corrected chi connectivity index (χ0v) is 11.1. The predicted molar refractivity (Wildman–Crippen MR) is 74.1 cm³/mol. The van der Waals surface area contributed by atoms with Crippen molar-refractivity contribution in [1.29, 1.82) is 0 Å². The zero-order valence-electron chi connectivity index (χ0n) is 11.1. The van der Waals surface area contributed by atoms with Crippen LogP contribution >= 0.6 is 0 Å². The zero-order chi connectivity index (χ0) is 13.0. The fourth-order valence-corrected chi connectivity index (χ4v) is 2.17. The van der Waals surface area contributed by atoms with Gasteiger partial charge in [0.1, 0.15) is 0 Å². The third kappa shape index (κ3) is 3.23. The molecule has 1 aliphatic rings. The molecule has 1 aromatic rings. The Morgan fingerprint density at radius 1 is 1.44 bits per heavy atom. The van der Waals surface area contributed by atoms with Crippen molar-refractivity contribution in [2.24, 2.45) is 0 Å². The first-order valence-corrected chi connectivity index (χ1v) is 6.46. The summed E-state index contributed by atoms with van der Waals surface area (Å²) in [7, 11) is 3.95. The molecule has 0 radical (unpaired) electrons. The molecule has 98 valence electrons. The quantitative estimate of drug-likeness (QED) is 0.844. The number of nitrogens with one attached hydrogen (secondary N) is 2. The third-order valence-electron chi connectivity index (χ3n) is 3.26. The van der Waals surface area contributed by atoms with Crippen LogP contribution in [-0.2, 0) is 0 Å². The second-order valence-electron chi connectivity index (χ2n) is 4.96. The lowest BCUT2D eigenvalue weighted by molar-refractivity contribution is 0.0930. The van der Waals surface area contributed by atoms with Crippen LogP contribution in [0.1, 0.15) is 23.2 Å². The average Bonchev–Trinajstić information content (AvgIpc) is 2.40. The molecule has 0 saturated carbocycles. The van der Waals surface area contributed by atoms with E-state index in [1.165, 1.54) is 0 Å². The molecular weight excluding hydrogens is 226 g/mol. The van der Waals surface area contributed by atoms with Gasteiger partial charge < -0.3 is 15.5 Å². The molecule has 2 N–H and O–H groups in total. The van der Waals surface area contributed by atoms with Crippen LogP contribution in [-0.4, -0.2) is 39.1 Å². The highest BCUT2D eigenvalue weighted by Gasteiger charge is 2.16. The minimum atomic E-state index is 0.0207. The molecule has 1 aliphatic heterocycles. The van der Waals surface area contributed by atoms with Crippen LogP contribution in [0.4, 0.5) is 5.69 Å². The normalized spacial score (nSPS) is 19.3. The topological polar surface area (TPSA) is 44.4 Å². The molecule has 0 spiro atoms. The number of carbonyl (C=O) groups is 1. The van der Waals surface area contributed by atoms with Crippen LogP contribution in [0.15, 0.2) is 24.3 Å². The van der Waals surface area contributed by atoms with E-state index < -0.39 is 0 Å². The van der Waals surface area contributed by atoms with Crippen LogP contribution in [0.3, 0.4) is 0 Å². The minimum absolute atomic E-state index is 0.0207. The molecule has 1 fully saturated rings. The van der Waals surface area contributed by atoms with E-state index in [1.54, 1.807) is 0 Å². The van der Waals surface area contributed by atoms with Gasteiger partial charge in [0.25, 0.3) is 5.91 Å². The summed E-state index contributed by atoms with van der Waals surface area (Å²) in [6, 6.07) is 7.96. The maximum absolute atomic E-state index is 12.1. The van der Waals surface area contributed by atoms with Crippen LogP contribution in [0, 0.1) is 0 Å². The standard InChI is InChI=1S/C14H21N3O/c1-17(2)13-7-3-5-11(9-13)14(18)16-12-6-4-8-15-10-12/h3,5,7,9,12,15H,4,6,8,10H2,1-2H3,(H,16,18). The summed E-state index contributed by atoms with van der Waals surface area (Å²) in [5, 5.41) is 6.38. The summed E-state index contributed by atoms with van der Waals surface area (Å²) in [4.78, 5) is 14.1. The van der Waals surface area contributed by atoms with Crippen LogP contribution in [0.2, 0.25) is 0 Å². The number of piperidine rings is 1. The lowest BCUT2D eigenvalue weighted by Crippen LogP contribution is -2.45. The van der Waals surface area contributed by atoms with E-state index in [0.29, 0.717) is 0 Å². The van der Waals surface area contributed by atoms with Crippen molar-refractivity contribution >= 4 is 11.6 Å². The van der Waals surface area contributed by atoms with E-state index in [1.807, 2.05) is 43.3 Å². The predicted octanol–water partition coefficient (Wildman–Crippen LogP) is 1.23. The fraction of sp³-hybridized carbons (Fsp3) is 0.500. The van der Waals surface area contributed by atoms with Gasteiger partial charge in [-0.1, -0.05) is 6.07 Å². The molecule has 1 unspecified atom stereocenters. The molecule has 1 amide bonds. The van der Waals surface area contributed by atoms with Gasteiger partial charge in [-0.3, -0.25) is 4.79 Å². The summed E-state index contributed by atoms with van der Waals surface area (Å²) in [6.45, 7) is 1.93. The number of rotatable bonds is 3. The molecule has 0 aromatic heterocycles. The Balaban J connectivity index is 2.01. The largest absolute Gasteiger partial charge is 0.378 e. The van der Waals surface area contributed by atoms with E-state index in [2.05, 4.69) is 10.6 Å². The second-order valence-corrected chi connectivity index (χ2v) is 4.96. The Kier molecular flexibility index (Phi) is 4.20. The maximum atomic E-state index is 12.1. The van der Waals surface area contributed by atoms with Crippen molar-refractivity contribution < 1.29 is 4.79 Å². The minimum Gasteiger partial charge on any atom is -0.378 e. The first-order valence-electron chi connectivity index (χ1n) is 6.46. The number of benzene rings is 1. The Morgan fingerprint density at radius 3 is 2.94 bits per heavy atom. The Morgan fingerprint density at radius 2 is 2.28 bits per heavy atom. The van der Waals surface area contributed by atoms with Gasteiger partial charge in [0.15, 0.2) is 0 Å². The Bertz CT molecular complexity index is 411. The lowest BCUT2D eigenvalue weighted by atomic mass is 10.1. The number of hydrogen-bond donors (Lipinski definition) is 2. The molecule has 0 aliphatic carbocycles. The summed E-state index contributed by atoms with van der Waals surface area (Å²) in [5.74, 6) is 0.0207. The molecule has 1 saturated heterocycles. The van der Waals surface area contributed by atoms with Gasteiger partial charge in [-0.2, -0.15) is 0 Å². The lowest BCUT2D eigenvalue weighted by Gasteiger charge is -2.24. The average molecular weight is 247 g/mol. The molecule has 1 aromatic carbocycles. The molecular formula is C14H21N3O.